The quantitative estimate of drug-likeness (QED) is 0.391. The Morgan fingerprint density at radius 2 is 2.00 bits per heavy atom. The molecule has 2 N–H and O–H groups in total. The highest BCUT2D eigenvalue weighted by Crippen LogP contribution is 2.30. The van der Waals surface area contributed by atoms with E-state index in [-0.39, 0.29) is 24.0 Å². The number of rotatable bonds is 5. The minimum Gasteiger partial charge on any atom is -0.490 e. The summed E-state index contributed by atoms with van der Waals surface area (Å²) < 4.78 is 11.4. The van der Waals surface area contributed by atoms with Gasteiger partial charge in [0.2, 0.25) is 0 Å². The molecule has 0 aromatic heterocycles. The molecule has 2 heterocycles. The fourth-order valence-corrected chi connectivity index (χ4v) is 3.48. The van der Waals surface area contributed by atoms with E-state index in [4.69, 9.17) is 9.47 Å². The average Bonchev–Trinajstić information content (AvgIpc) is 2.97. The van der Waals surface area contributed by atoms with Crippen LogP contribution in [0.1, 0.15) is 31.7 Å². The minimum absolute atomic E-state index is 0. The van der Waals surface area contributed by atoms with Crippen LogP contribution >= 0.6 is 24.0 Å². The van der Waals surface area contributed by atoms with Gasteiger partial charge in [0.1, 0.15) is 0 Å². The van der Waals surface area contributed by atoms with Crippen molar-refractivity contribution in [2.45, 2.75) is 38.8 Å². The van der Waals surface area contributed by atoms with E-state index < -0.39 is 0 Å². The summed E-state index contributed by atoms with van der Waals surface area (Å²) >= 11 is 0. The second-order valence-electron chi connectivity index (χ2n) is 6.56. The van der Waals surface area contributed by atoms with Crippen LogP contribution in [-0.4, -0.2) is 56.8 Å². The van der Waals surface area contributed by atoms with Crippen LogP contribution in [0.15, 0.2) is 23.2 Å². The Balaban J connectivity index is 0.00000243. The molecule has 0 aliphatic carbocycles. The molecule has 1 unspecified atom stereocenters. The molecule has 7 heteroatoms. The predicted molar refractivity (Wildman–Crippen MR) is 116 cm³/mol. The zero-order valence-corrected chi connectivity index (χ0v) is 18.1. The molecule has 6 nitrogen and oxygen atoms in total. The third-order valence-electron chi connectivity index (χ3n) is 4.91. The number of hydrogen-bond donors (Lipinski definition) is 2. The summed E-state index contributed by atoms with van der Waals surface area (Å²) in [6, 6.07) is 6.73. The molecule has 146 valence electrons. The third kappa shape index (κ3) is 5.64. The van der Waals surface area contributed by atoms with Crippen LogP contribution in [0.4, 0.5) is 0 Å². The molecule has 1 atom stereocenters. The van der Waals surface area contributed by atoms with Crippen molar-refractivity contribution in [3.05, 3.63) is 23.8 Å². The summed E-state index contributed by atoms with van der Waals surface area (Å²) in [4.78, 5) is 6.87. The summed E-state index contributed by atoms with van der Waals surface area (Å²) in [5.41, 5.74) is 1.16. The largest absolute Gasteiger partial charge is 0.490 e. The third-order valence-corrected chi connectivity index (χ3v) is 4.91. The van der Waals surface area contributed by atoms with Crippen LogP contribution in [0.2, 0.25) is 0 Å². The van der Waals surface area contributed by atoms with Gasteiger partial charge in [0.05, 0.1) is 13.2 Å². The summed E-state index contributed by atoms with van der Waals surface area (Å²) in [6.07, 6.45) is 3.48. The number of nitrogens with zero attached hydrogens (tertiary/aromatic N) is 2. The number of guanidine groups is 1. The Labute approximate surface area is 173 Å². The van der Waals surface area contributed by atoms with Gasteiger partial charge in [0, 0.05) is 32.6 Å². The van der Waals surface area contributed by atoms with Crippen molar-refractivity contribution in [1.29, 1.82) is 0 Å². The highest BCUT2D eigenvalue weighted by Gasteiger charge is 2.22. The van der Waals surface area contributed by atoms with Gasteiger partial charge in [-0.1, -0.05) is 13.0 Å². The van der Waals surface area contributed by atoms with E-state index in [0.717, 1.165) is 49.1 Å². The first-order chi connectivity index (χ1) is 12.3. The SMILES string of the molecule is CCN1CCCC1CNC(=NC)NCc1ccc2c(c1)OCCCO2.I. The molecule has 1 saturated heterocycles. The van der Waals surface area contributed by atoms with Gasteiger partial charge in [0.15, 0.2) is 17.5 Å². The fourth-order valence-electron chi connectivity index (χ4n) is 3.48. The summed E-state index contributed by atoms with van der Waals surface area (Å²) in [5.74, 6) is 2.52. The zero-order chi connectivity index (χ0) is 17.5. The van der Waals surface area contributed by atoms with Crippen molar-refractivity contribution in [3.63, 3.8) is 0 Å². The van der Waals surface area contributed by atoms with Crippen LogP contribution in [0.25, 0.3) is 0 Å². The second-order valence-corrected chi connectivity index (χ2v) is 6.56. The molecule has 0 saturated carbocycles. The highest BCUT2D eigenvalue weighted by molar-refractivity contribution is 14.0. The summed E-state index contributed by atoms with van der Waals surface area (Å²) in [7, 11) is 1.82. The van der Waals surface area contributed by atoms with Crippen molar-refractivity contribution in [1.82, 2.24) is 15.5 Å². The van der Waals surface area contributed by atoms with Gasteiger partial charge in [-0.3, -0.25) is 9.89 Å². The number of halogens is 1. The molecule has 0 spiro atoms. The Morgan fingerprint density at radius 3 is 2.77 bits per heavy atom. The van der Waals surface area contributed by atoms with Gasteiger partial charge in [-0.15, -0.1) is 24.0 Å². The lowest BCUT2D eigenvalue weighted by molar-refractivity contribution is 0.267. The minimum atomic E-state index is 0. The Hall–Kier alpha value is -1.22. The van der Waals surface area contributed by atoms with Crippen molar-refractivity contribution >= 4 is 29.9 Å². The van der Waals surface area contributed by atoms with E-state index in [9.17, 15) is 0 Å². The number of ether oxygens (including phenoxy) is 2. The van der Waals surface area contributed by atoms with Gasteiger partial charge in [0.25, 0.3) is 0 Å². The molecule has 3 rings (SSSR count). The first-order valence-electron chi connectivity index (χ1n) is 9.37. The van der Waals surface area contributed by atoms with Crippen molar-refractivity contribution in [2.75, 3.05) is 39.9 Å². The maximum absolute atomic E-state index is 5.76. The van der Waals surface area contributed by atoms with Crippen LogP contribution in [-0.2, 0) is 6.54 Å². The first-order valence-corrected chi connectivity index (χ1v) is 9.37. The maximum Gasteiger partial charge on any atom is 0.191 e. The highest BCUT2D eigenvalue weighted by atomic mass is 127. The molecular formula is C19H31IN4O2. The number of hydrogen-bond acceptors (Lipinski definition) is 4. The normalized spacial score (nSPS) is 20.2. The van der Waals surface area contributed by atoms with Crippen LogP contribution < -0.4 is 20.1 Å². The van der Waals surface area contributed by atoms with E-state index in [0.29, 0.717) is 19.2 Å². The van der Waals surface area contributed by atoms with Gasteiger partial charge in [-0.25, -0.2) is 0 Å². The maximum atomic E-state index is 5.76. The smallest absolute Gasteiger partial charge is 0.191 e. The molecular weight excluding hydrogens is 443 g/mol. The second kappa shape index (κ2) is 10.8. The molecule has 0 bridgehead atoms. The Bertz CT molecular complexity index is 597. The van der Waals surface area contributed by atoms with E-state index in [2.05, 4.69) is 39.6 Å². The van der Waals surface area contributed by atoms with Crippen molar-refractivity contribution < 1.29 is 9.47 Å². The molecule has 1 aromatic rings. The molecule has 26 heavy (non-hydrogen) atoms. The van der Waals surface area contributed by atoms with Crippen LogP contribution in [0, 0.1) is 0 Å². The zero-order valence-electron chi connectivity index (χ0n) is 15.8. The molecule has 0 amide bonds. The fraction of sp³-hybridized carbons (Fsp3) is 0.632. The van der Waals surface area contributed by atoms with Crippen LogP contribution in [0.3, 0.4) is 0 Å². The van der Waals surface area contributed by atoms with Crippen LogP contribution in [0.5, 0.6) is 11.5 Å². The molecule has 1 fully saturated rings. The van der Waals surface area contributed by atoms with E-state index in [1.165, 1.54) is 19.4 Å². The van der Waals surface area contributed by atoms with E-state index >= 15 is 0 Å². The molecule has 2 aliphatic heterocycles. The average molecular weight is 474 g/mol. The van der Waals surface area contributed by atoms with E-state index in [1.54, 1.807) is 0 Å². The molecule has 0 radical (unpaired) electrons. The molecule has 2 aliphatic rings. The summed E-state index contributed by atoms with van der Waals surface area (Å²) in [6.45, 7) is 7.64. The van der Waals surface area contributed by atoms with Gasteiger partial charge < -0.3 is 20.1 Å². The topological polar surface area (TPSA) is 58.1 Å². The number of aliphatic imine (C=N–C) groups is 1. The van der Waals surface area contributed by atoms with E-state index in [1.807, 2.05) is 13.1 Å². The Morgan fingerprint density at radius 1 is 1.19 bits per heavy atom. The lowest BCUT2D eigenvalue weighted by atomic mass is 10.2. The summed E-state index contributed by atoms with van der Waals surface area (Å²) in [5, 5.41) is 6.85. The van der Waals surface area contributed by atoms with Gasteiger partial charge >= 0.3 is 0 Å². The van der Waals surface area contributed by atoms with Crippen molar-refractivity contribution in [2.24, 2.45) is 4.99 Å². The van der Waals surface area contributed by atoms with Gasteiger partial charge in [-0.2, -0.15) is 0 Å². The number of benzene rings is 1. The Kier molecular flexibility index (Phi) is 8.77. The lowest BCUT2D eigenvalue weighted by Gasteiger charge is -2.24. The van der Waals surface area contributed by atoms with Crippen molar-refractivity contribution in [3.8, 4) is 11.5 Å². The number of nitrogens with one attached hydrogen (secondary N) is 2. The number of likely N-dealkylation sites (tertiary alicyclic amines) is 1. The number of fused-ring (bicyclic) bond motifs is 1. The monoisotopic (exact) mass is 474 g/mol. The number of likely N-dealkylation sites (N-methyl/N-ethyl adjacent to an activating group) is 1. The van der Waals surface area contributed by atoms with Gasteiger partial charge in [-0.05, 0) is 43.6 Å². The molecule has 1 aromatic carbocycles. The lowest BCUT2D eigenvalue weighted by Crippen LogP contribution is -2.44. The predicted octanol–water partition coefficient (Wildman–Crippen LogP) is 2.62. The standard InChI is InChI=1S/C19H30N4O2.HI/c1-3-23-9-4-6-16(23)14-22-19(20-2)21-13-15-7-8-17-18(12-15)25-11-5-10-24-17;/h7-8,12,16H,3-6,9-11,13-14H2,1-2H3,(H2,20,21,22);1H. The first kappa shape index (κ1) is 21.1.